The maximum atomic E-state index is 12.4. The van der Waals surface area contributed by atoms with Gasteiger partial charge in [-0.25, -0.2) is 9.78 Å². The van der Waals surface area contributed by atoms with Gasteiger partial charge in [0.1, 0.15) is 6.54 Å². The van der Waals surface area contributed by atoms with Crippen LogP contribution in [0.2, 0.25) is 5.02 Å². The first-order chi connectivity index (χ1) is 12.1. The van der Waals surface area contributed by atoms with Crippen molar-refractivity contribution in [3.8, 4) is 0 Å². The fraction of sp³-hybridized carbons (Fsp3) is 0.353. The lowest BCUT2D eigenvalue weighted by molar-refractivity contribution is -0.121. The molecule has 1 saturated heterocycles. The standard InChI is InChI=1S/C17H20ClN5O2/c18-14-2-4-15(5-3-14)23-11-10-22(17(23)25)12-16(24)20-6-1-8-21-9-7-19-13-21/h2-5,7,9,13H,1,6,8,10-12H2,(H,20,24). The molecule has 3 rings (SSSR count). The molecule has 3 amide bonds. The van der Waals surface area contributed by atoms with E-state index in [0.29, 0.717) is 24.7 Å². The van der Waals surface area contributed by atoms with Crippen LogP contribution in [-0.4, -0.2) is 52.6 Å². The van der Waals surface area contributed by atoms with E-state index < -0.39 is 0 Å². The first kappa shape index (κ1) is 17.3. The molecule has 1 N–H and O–H groups in total. The molecule has 0 aliphatic carbocycles. The summed E-state index contributed by atoms with van der Waals surface area (Å²) in [5.74, 6) is -0.142. The van der Waals surface area contributed by atoms with Gasteiger partial charge < -0.3 is 14.8 Å². The topological polar surface area (TPSA) is 70.5 Å². The summed E-state index contributed by atoms with van der Waals surface area (Å²) in [6, 6.07) is 6.95. The van der Waals surface area contributed by atoms with Crippen molar-refractivity contribution in [2.75, 3.05) is 31.1 Å². The molecular weight excluding hydrogens is 342 g/mol. The molecule has 132 valence electrons. The van der Waals surface area contributed by atoms with E-state index in [0.717, 1.165) is 18.7 Å². The van der Waals surface area contributed by atoms with E-state index >= 15 is 0 Å². The van der Waals surface area contributed by atoms with Crippen molar-refractivity contribution in [2.24, 2.45) is 0 Å². The summed E-state index contributed by atoms with van der Waals surface area (Å²) < 4.78 is 1.96. The molecule has 7 nitrogen and oxygen atoms in total. The highest BCUT2D eigenvalue weighted by Crippen LogP contribution is 2.22. The Hall–Kier alpha value is -2.54. The van der Waals surface area contributed by atoms with Gasteiger partial charge in [-0.3, -0.25) is 9.69 Å². The summed E-state index contributed by atoms with van der Waals surface area (Å²) in [7, 11) is 0. The first-order valence-corrected chi connectivity index (χ1v) is 8.56. The molecule has 1 aromatic carbocycles. The number of hydrogen-bond acceptors (Lipinski definition) is 3. The number of carbonyl (C=O) groups is 2. The lowest BCUT2D eigenvalue weighted by Gasteiger charge is -2.18. The molecule has 0 bridgehead atoms. The average molecular weight is 362 g/mol. The summed E-state index contributed by atoms with van der Waals surface area (Å²) in [5.41, 5.74) is 0.789. The van der Waals surface area contributed by atoms with E-state index in [2.05, 4.69) is 10.3 Å². The molecule has 1 fully saturated rings. The largest absolute Gasteiger partial charge is 0.354 e. The van der Waals surface area contributed by atoms with Gasteiger partial charge in [-0.1, -0.05) is 11.6 Å². The van der Waals surface area contributed by atoms with E-state index in [1.165, 1.54) is 0 Å². The van der Waals surface area contributed by atoms with Crippen molar-refractivity contribution in [1.29, 1.82) is 0 Å². The zero-order chi connectivity index (χ0) is 17.6. The van der Waals surface area contributed by atoms with Gasteiger partial charge in [0.05, 0.1) is 6.33 Å². The number of hydrogen-bond donors (Lipinski definition) is 1. The number of carbonyl (C=O) groups excluding carboxylic acids is 2. The Bertz CT molecular complexity index is 717. The van der Waals surface area contributed by atoms with Crippen molar-refractivity contribution in [1.82, 2.24) is 19.8 Å². The number of benzene rings is 1. The van der Waals surface area contributed by atoms with Gasteiger partial charge >= 0.3 is 6.03 Å². The second-order valence-electron chi connectivity index (χ2n) is 5.84. The fourth-order valence-electron chi connectivity index (χ4n) is 2.73. The SMILES string of the molecule is O=C(CN1CCN(c2ccc(Cl)cc2)C1=O)NCCCn1ccnc1. The Kier molecular flexibility index (Phi) is 5.55. The molecular formula is C17H20ClN5O2. The van der Waals surface area contributed by atoms with Crippen molar-refractivity contribution in [2.45, 2.75) is 13.0 Å². The van der Waals surface area contributed by atoms with Crippen LogP contribution < -0.4 is 10.2 Å². The van der Waals surface area contributed by atoms with Crippen molar-refractivity contribution in [3.63, 3.8) is 0 Å². The molecule has 1 aliphatic rings. The Balaban J connectivity index is 1.42. The Morgan fingerprint density at radius 2 is 2.04 bits per heavy atom. The van der Waals surface area contributed by atoms with Gasteiger partial charge in [0.2, 0.25) is 5.91 Å². The first-order valence-electron chi connectivity index (χ1n) is 8.18. The predicted octanol–water partition coefficient (Wildman–Crippen LogP) is 1.98. The monoisotopic (exact) mass is 361 g/mol. The number of halogens is 1. The molecule has 8 heteroatoms. The minimum Gasteiger partial charge on any atom is -0.354 e. The number of imidazole rings is 1. The van der Waals surface area contributed by atoms with Crippen LogP contribution in [0.5, 0.6) is 0 Å². The maximum absolute atomic E-state index is 12.4. The number of rotatable bonds is 7. The smallest absolute Gasteiger partial charge is 0.325 e. The third-order valence-electron chi connectivity index (χ3n) is 4.04. The van der Waals surface area contributed by atoms with E-state index in [-0.39, 0.29) is 18.5 Å². The molecule has 0 spiro atoms. The molecule has 0 radical (unpaired) electrons. The van der Waals surface area contributed by atoms with Crippen LogP contribution >= 0.6 is 11.6 Å². The number of nitrogens with one attached hydrogen (secondary N) is 1. The highest BCUT2D eigenvalue weighted by molar-refractivity contribution is 6.30. The fourth-order valence-corrected chi connectivity index (χ4v) is 2.85. The molecule has 2 heterocycles. The normalized spacial score (nSPS) is 14.2. The number of amides is 3. The van der Waals surface area contributed by atoms with Crippen molar-refractivity contribution >= 4 is 29.2 Å². The van der Waals surface area contributed by atoms with Crippen LogP contribution in [0.1, 0.15) is 6.42 Å². The van der Waals surface area contributed by atoms with Crippen LogP contribution in [0.25, 0.3) is 0 Å². The van der Waals surface area contributed by atoms with Gasteiger partial charge in [0.25, 0.3) is 0 Å². The van der Waals surface area contributed by atoms with E-state index in [1.807, 2.05) is 10.8 Å². The average Bonchev–Trinajstić information content (AvgIpc) is 3.24. The number of aromatic nitrogens is 2. The Morgan fingerprint density at radius 1 is 1.24 bits per heavy atom. The summed E-state index contributed by atoms with van der Waals surface area (Å²) in [4.78, 5) is 31.7. The van der Waals surface area contributed by atoms with Gasteiger partial charge in [-0.15, -0.1) is 0 Å². The zero-order valence-corrected chi connectivity index (χ0v) is 14.5. The molecule has 1 aromatic heterocycles. The number of urea groups is 1. The quantitative estimate of drug-likeness (QED) is 0.767. The lowest BCUT2D eigenvalue weighted by atomic mass is 10.3. The van der Waals surface area contributed by atoms with Crippen LogP contribution in [0.3, 0.4) is 0 Å². The Morgan fingerprint density at radius 3 is 2.76 bits per heavy atom. The van der Waals surface area contributed by atoms with E-state index in [9.17, 15) is 9.59 Å². The predicted molar refractivity (Wildman–Crippen MR) is 95.6 cm³/mol. The highest BCUT2D eigenvalue weighted by atomic mass is 35.5. The lowest BCUT2D eigenvalue weighted by Crippen LogP contribution is -2.40. The van der Waals surface area contributed by atoms with Crippen LogP contribution in [0.4, 0.5) is 10.5 Å². The number of nitrogens with zero attached hydrogens (tertiary/aromatic N) is 4. The van der Waals surface area contributed by atoms with Crippen molar-refractivity contribution in [3.05, 3.63) is 48.0 Å². The van der Waals surface area contributed by atoms with Gasteiger partial charge in [-0.05, 0) is 30.7 Å². The third-order valence-corrected chi connectivity index (χ3v) is 4.29. The van der Waals surface area contributed by atoms with Gasteiger partial charge in [0, 0.05) is 49.3 Å². The van der Waals surface area contributed by atoms with Crippen LogP contribution in [0.15, 0.2) is 43.0 Å². The highest BCUT2D eigenvalue weighted by Gasteiger charge is 2.30. The molecule has 25 heavy (non-hydrogen) atoms. The molecule has 0 atom stereocenters. The molecule has 0 saturated carbocycles. The molecule has 1 aliphatic heterocycles. The molecule has 0 unspecified atom stereocenters. The summed E-state index contributed by atoms with van der Waals surface area (Å²) in [6.45, 7) is 2.54. The zero-order valence-electron chi connectivity index (χ0n) is 13.8. The summed E-state index contributed by atoms with van der Waals surface area (Å²) in [5, 5.41) is 3.48. The minimum atomic E-state index is -0.157. The van der Waals surface area contributed by atoms with Crippen LogP contribution in [0, 0.1) is 0 Å². The second kappa shape index (κ2) is 8.02. The number of anilines is 1. The summed E-state index contributed by atoms with van der Waals surface area (Å²) >= 11 is 5.87. The summed E-state index contributed by atoms with van der Waals surface area (Å²) in [6.07, 6.45) is 6.17. The third kappa shape index (κ3) is 4.51. The molecule has 2 aromatic rings. The number of aryl methyl sites for hydroxylation is 1. The van der Waals surface area contributed by atoms with Crippen LogP contribution in [-0.2, 0) is 11.3 Å². The van der Waals surface area contributed by atoms with Gasteiger partial charge in [0.15, 0.2) is 0 Å². The maximum Gasteiger partial charge on any atom is 0.325 e. The Labute approximate surface area is 151 Å². The van der Waals surface area contributed by atoms with Gasteiger partial charge in [-0.2, -0.15) is 0 Å². The second-order valence-corrected chi connectivity index (χ2v) is 6.27. The van der Waals surface area contributed by atoms with E-state index in [4.69, 9.17) is 11.6 Å². The van der Waals surface area contributed by atoms with E-state index in [1.54, 1.807) is 46.6 Å². The minimum absolute atomic E-state index is 0.0774. The van der Waals surface area contributed by atoms with Crippen molar-refractivity contribution < 1.29 is 9.59 Å².